The summed E-state index contributed by atoms with van der Waals surface area (Å²) >= 11 is 12.0. The Kier molecular flexibility index (Phi) is 6.07. The third-order valence-corrected chi connectivity index (χ3v) is 4.80. The second kappa shape index (κ2) is 8.50. The van der Waals surface area contributed by atoms with E-state index >= 15 is 0 Å². The van der Waals surface area contributed by atoms with Crippen molar-refractivity contribution in [3.8, 4) is 11.5 Å². The predicted molar refractivity (Wildman–Crippen MR) is 114 cm³/mol. The SMILES string of the molecule is C=CCOc1ccc(C=C2C(=O)N(c3ccc(Cl)c(Cl)c3)N=C2C)cc1OC. The molecule has 3 rings (SSSR count). The van der Waals surface area contributed by atoms with Crippen LogP contribution in [0.3, 0.4) is 0 Å². The fourth-order valence-electron chi connectivity index (χ4n) is 2.68. The van der Waals surface area contributed by atoms with Crippen LogP contribution in [-0.4, -0.2) is 25.3 Å². The van der Waals surface area contributed by atoms with E-state index in [1.54, 1.807) is 56.5 Å². The average molecular weight is 417 g/mol. The van der Waals surface area contributed by atoms with Gasteiger partial charge in [-0.1, -0.05) is 41.9 Å². The summed E-state index contributed by atoms with van der Waals surface area (Å²) in [6.07, 6.45) is 3.42. The maximum atomic E-state index is 12.9. The molecule has 0 aliphatic carbocycles. The maximum Gasteiger partial charge on any atom is 0.280 e. The number of halogens is 2. The summed E-state index contributed by atoms with van der Waals surface area (Å²) in [7, 11) is 1.56. The topological polar surface area (TPSA) is 51.1 Å². The van der Waals surface area contributed by atoms with Crippen molar-refractivity contribution < 1.29 is 14.3 Å². The zero-order valence-electron chi connectivity index (χ0n) is 15.4. The van der Waals surface area contributed by atoms with Crippen LogP contribution in [0.4, 0.5) is 5.69 Å². The molecule has 0 fully saturated rings. The van der Waals surface area contributed by atoms with Crippen molar-refractivity contribution in [3.05, 3.63) is 70.2 Å². The molecule has 7 heteroatoms. The predicted octanol–water partition coefficient (Wildman–Crippen LogP) is 5.37. The van der Waals surface area contributed by atoms with E-state index in [9.17, 15) is 4.79 Å². The lowest BCUT2D eigenvalue weighted by molar-refractivity contribution is -0.114. The maximum absolute atomic E-state index is 12.9. The summed E-state index contributed by atoms with van der Waals surface area (Å²) in [6, 6.07) is 10.4. The number of hydrogen-bond acceptors (Lipinski definition) is 4. The van der Waals surface area contributed by atoms with Crippen LogP contribution in [0, 0.1) is 0 Å². The first-order valence-corrected chi connectivity index (χ1v) is 9.18. The van der Waals surface area contributed by atoms with Gasteiger partial charge in [0.25, 0.3) is 5.91 Å². The van der Waals surface area contributed by atoms with Gasteiger partial charge < -0.3 is 9.47 Å². The molecule has 5 nitrogen and oxygen atoms in total. The molecule has 1 aliphatic heterocycles. The number of amides is 1. The molecule has 144 valence electrons. The van der Waals surface area contributed by atoms with Gasteiger partial charge in [-0.05, 0) is 48.9 Å². The summed E-state index contributed by atoms with van der Waals surface area (Å²) in [4.78, 5) is 12.9. The zero-order valence-corrected chi connectivity index (χ0v) is 16.9. The van der Waals surface area contributed by atoms with E-state index in [4.69, 9.17) is 32.7 Å². The van der Waals surface area contributed by atoms with E-state index in [2.05, 4.69) is 11.7 Å². The highest BCUT2D eigenvalue weighted by molar-refractivity contribution is 6.42. The Balaban J connectivity index is 1.90. The Bertz CT molecular complexity index is 999. The van der Waals surface area contributed by atoms with Gasteiger partial charge in [-0.15, -0.1) is 0 Å². The molecule has 0 saturated heterocycles. The molecule has 0 N–H and O–H groups in total. The summed E-state index contributed by atoms with van der Waals surface area (Å²) in [5.41, 5.74) is 2.42. The van der Waals surface area contributed by atoms with Crippen LogP contribution in [-0.2, 0) is 4.79 Å². The normalized spacial score (nSPS) is 15.0. The van der Waals surface area contributed by atoms with Gasteiger partial charge >= 0.3 is 0 Å². The zero-order chi connectivity index (χ0) is 20.3. The van der Waals surface area contributed by atoms with Crippen LogP contribution in [0.25, 0.3) is 6.08 Å². The van der Waals surface area contributed by atoms with E-state index in [0.29, 0.717) is 45.1 Å². The van der Waals surface area contributed by atoms with Crippen LogP contribution in [0.5, 0.6) is 11.5 Å². The fraction of sp³-hybridized carbons (Fsp3) is 0.143. The van der Waals surface area contributed by atoms with Gasteiger partial charge in [0.2, 0.25) is 0 Å². The molecule has 0 saturated carbocycles. The quantitative estimate of drug-likeness (QED) is 0.469. The molecule has 0 bridgehead atoms. The smallest absolute Gasteiger partial charge is 0.280 e. The molecule has 2 aromatic rings. The number of benzene rings is 2. The first kappa shape index (κ1) is 20.0. The Morgan fingerprint density at radius 3 is 2.61 bits per heavy atom. The molecule has 0 aromatic heterocycles. The van der Waals surface area contributed by atoms with Gasteiger partial charge in [0.15, 0.2) is 11.5 Å². The minimum atomic E-state index is -0.248. The molecule has 28 heavy (non-hydrogen) atoms. The van der Waals surface area contributed by atoms with Crippen molar-refractivity contribution in [2.75, 3.05) is 18.7 Å². The van der Waals surface area contributed by atoms with E-state index in [-0.39, 0.29) is 5.91 Å². The molecule has 2 aromatic carbocycles. The molecule has 0 spiro atoms. The highest BCUT2D eigenvalue weighted by Gasteiger charge is 2.29. The van der Waals surface area contributed by atoms with Crippen molar-refractivity contribution in [1.82, 2.24) is 0 Å². The number of hydrazone groups is 1. The molecule has 0 atom stereocenters. The van der Waals surface area contributed by atoms with Crippen LogP contribution in [0.2, 0.25) is 10.0 Å². The van der Waals surface area contributed by atoms with Gasteiger partial charge in [0.05, 0.1) is 34.1 Å². The van der Waals surface area contributed by atoms with E-state index in [1.165, 1.54) is 5.01 Å². The number of nitrogens with zero attached hydrogens (tertiary/aromatic N) is 2. The van der Waals surface area contributed by atoms with Crippen molar-refractivity contribution in [3.63, 3.8) is 0 Å². The van der Waals surface area contributed by atoms with Crippen molar-refractivity contribution in [2.45, 2.75) is 6.92 Å². The third-order valence-electron chi connectivity index (χ3n) is 4.07. The Morgan fingerprint density at radius 2 is 1.93 bits per heavy atom. The minimum Gasteiger partial charge on any atom is -0.493 e. The summed E-state index contributed by atoms with van der Waals surface area (Å²) in [5, 5.41) is 6.43. The summed E-state index contributed by atoms with van der Waals surface area (Å²) in [6.45, 7) is 5.78. The van der Waals surface area contributed by atoms with Crippen LogP contribution < -0.4 is 14.5 Å². The van der Waals surface area contributed by atoms with Crippen LogP contribution in [0.1, 0.15) is 12.5 Å². The number of carbonyl (C=O) groups excluding carboxylic acids is 1. The Labute approximate surface area is 173 Å². The van der Waals surface area contributed by atoms with Gasteiger partial charge in [0.1, 0.15) is 6.61 Å². The average Bonchev–Trinajstić information content (AvgIpc) is 2.97. The summed E-state index contributed by atoms with van der Waals surface area (Å²) < 4.78 is 10.9. The molecular formula is C21H18Cl2N2O3. The van der Waals surface area contributed by atoms with Gasteiger partial charge in [-0.3, -0.25) is 4.79 Å². The Morgan fingerprint density at radius 1 is 1.14 bits per heavy atom. The third kappa shape index (κ3) is 4.06. The number of carbonyl (C=O) groups is 1. The van der Waals surface area contributed by atoms with Crippen molar-refractivity contribution in [2.24, 2.45) is 5.10 Å². The number of hydrogen-bond donors (Lipinski definition) is 0. The summed E-state index contributed by atoms with van der Waals surface area (Å²) in [5.74, 6) is 0.921. The highest BCUT2D eigenvalue weighted by Crippen LogP contribution is 2.32. The van der Waals surface area contributed by atoms with Gasteiger partial charge in [-0.2, -0.15) is 10.1 Å². The second-order valence-electron chi connectivity index (χ2n) is 5.97. The number of ether oxygens (including phenoxy) is 2. The minimum absolute atomic E-state index is 0.248. The van der Waals surface area contributed by atoms with Crippen molar-refractivity contribution in [1.29, 1.82) is 0 Å². The van der Waals surface area contributed by atoms with E-state index in [1.807, 2.05) is 6.07 Å². The lowest BCUT2D eigenvalue weighted by Crippen LogP contribution is -2.21. The highest BCUT2D eigenvalue weighted by atomic mass is 35.5. The first-order chi connectivity index (χ1) is 13.4. The second-order valence-corrected chi connectivity index (χ2v) is 6.78. The Hall–Kier alpha value is -2.76. The van der Waals surface area contributed by atoms with E-state index < -0.39 is 0 Å². The largest absolute Gasteiger partial charge is 0.493 e. The first-order valence-electron chi connectivity index (χ1n) is 8.43. The number of anilines is 1. The molecular weight excluding hydrogens is 399 g/mol. The van der Waals surface area contributed by atoms with Crippen molar-refractivity contribution >= 4 is 46.6 Å². The van der Waals surface area contributed by atoms with Crippen LogP contribution in [0.15, 0.2) is 59.7 Å². The number of rotatable bonds is 6. The van der Waals surface area contributed by atoms with Gasteiger partial charge in [0, 0.05) is 0 Å². The fourth-order valence-corrected chi connectivity index (χ4v) is 2.98. The molecule has 0 radical (unpaired) electrons. The van der Waals surface area contributed by atoms with Crippen LogP contribution >= 0.6 is 23.2 Å². The monoisotopic (exact) mass is 416 g/mol. The lowest BCUT2D eigenvalue weighted by Gasteiger charge is -2.12. The molecule has 0 unspecified atom stereocenters. The molecule has 1 heterocycles. The van der Waals surface area contributed by atoms with Gasteiger partial charge in [-0.25, -0.2) is 0 Å². The number of methoxy groups -OCH3 is 1. The molecule has 1 aliphatic rings. The van der Waals surface area contributed by atoms with E-state index in [0.717, 1.165) is 5.56 Å². The standard InChI is InChI=1S/C21H18Cl2N2O3/c1-4-9-28-19-8-5-14(11-20(19)27-3)10-16-13(2)24-25(21(16)26)15-6-7-17(22)18(23)12-15/h4-8,10-12H,1,9H2,2-3H3. The lowest BCUT2D eigenvalue weighted by atomic mass is 10.1. The molecule has 1 amide bonds.